The highest BCUT2D eigenvalue weighted by atomic mass is 16.8. The van der Waals surface area contributed by atoms with Crippen LogP contribution in [0.3, 0.4) is 0 Å². The van der Waals surface area contributed by atoms with Crippen molar-refractivity contribution in [3.05, 3.63) is 59.7 Å². The van der Waals surface area contributed by atoms with Gasteiger partial charge in [0.2, 0.25) is 11.4 Å². The molecule has 4 nitrogen and oxygen atoms in total. The van der Waals surface area contributed by atoms with Crippen molar-refractivity contribution in [2.75, 3.05) is 7.11 Å². The van der Waals surface area contributed by atoms with Crippen molar-refractivity contribution < 1.29 is 19.0 Å². The number of epoxide rings is 1. The highest BCUT2D eigenvalue weighted by molar-refractivity contribution is 6.09. The van der Waals surface area contributed by atoms with E-state index in [1.165, 1.54) is 0 Å². The van der Waals surface area contributed by atoms with Crippen molar-refractivity contribution in [3.8, 4) is 11.5 Å². The summed E-state index contributed by atoms with van der Waals surface area (Å²) in [6.45, 7) is 1.96. The molecule has 4 heteroatoms. The lowest BCUT2D eigenvalue weighted by molar-refractivity contribution is 0.0546. The van der Waals surface area contributed by atoms with Crippen molar-refractivity contribution in [1.82, 2.24) is 0 Å². The summed E-state index contributed by atoms with van der Waals surface area (Å²) in [7, 11) is 1.59. The molecular formula is C18H16O4. The molecule has 0 aromatic heterocycles. The maximum Gasteiger partial charge on any atom is 0.253 e. The zero-order valence-electron chi connectivity index (χ0n) is 12.5. The van der Waals surface area contributed by atoms with Gasteiger partial charge in [0.15, 0.2) is 0 Å². The lowest BCUT2D eigenvalue weighted by Crippen LogP contribution is -2.40. The number of fused-ring (bicyclic) bond motifs is 2. The van der Waals surface area contributed by atoms with Crippen LogP contribution in [0.1, 0.15) is 29.3 Å². The summed E-state index contributed by atoms with van der Waals surface area (Å²) in [6.07, 6.45) is 0.588. The second-order valence-electron chi connectivity index (χ2n) is 5.55. The van der Waals surface area contributed by atoms with E-state index in [1.807, 2.05) is 37.3 Å². The molecule has 0 saturated carbocycles. The van der Waals surface area contributed by atoms with E-state index < -0.39 is 11.4 Å². The maximum absolute atomic E-state index is 13.1. The van der Waals surface area contributed by atoms with Gasteiger partial charge in [0.05, 0.1) is 12.7 Å². The Labute approximate surface area is 128 Å². The zero-order valence-corrected chi connectivity index (χ0v) is 12.5. The zero-order chi connectivity index (χ0) is 15.4. The first-order valence-electron chi connectivity index (χ1n) is 7.34. The van der Waals surface area contributed by atoms with Crippen LogP contribution in [0.4, 0.5) is 0 Å². The molecule has 2 aliphatic heterocycles. The number of rotatable bonds is 3. The van der Waals surface area contributed by atoms with Crippen LogP contribution < -0.4 is 9.47 Å². The minimum Gasteiger partial charge on any atom is -0.497 e. The Morgan fingerprint density at radius 1 is 1.14 bits per heavy atom. The highest BCUT2D eigenvalue weighted by Gasteiger charge is 2.79. The van der Waals surface area contributed by atoms with E-state index in [4.69, 9.17) is 14.2 Å². The minimum absolute atomic E-state index is 0.0514. The molecule has 22 heavy (non-hydrogen) atoms. The summed E-state index contributed by atoms with van der Waals surface area (Å²) in [5.74, 6) is 0.218. The van der Waals surface area contributed by atoms with Crippen LogP contribution in [0.15, 0.2) is 48.5 Å². The number of carbonyl (C=O) groups is 1. The van der Waals surface area contributed by atoms with Gasteiger partial charge in [-0.25, -0.2) is 0 Å². The lowest BCUT2D eigenvalue weighted by Gasteiger charge is -2.26. The fourth-order valence-electron chi connectivity index (χ4n) is 3.28. The summed E-state index contributed by atoms with van der Waals surface area (Å²) >= 11 is 0. The molecule has 2 aromatic carbocycles. The highest BCUT2D eigenvalue weighted by Crippen LogP contribution is 2.63. The first-order valence-corrected chi connectivity index (χ1v) is 7.34. The molecular weight excluding hydrogens is 280 g/mol. The Kier molecular flexibility index (Phi) is 2.63. The molecule has 0 radical (unpaired) electrons. The van der Waals surface area contributed by atoms with Crippen LogP contribution >= 0.6 is 0 Å². The van der Waals surface area contributed by atoms with Gasteiger partial charge >= 0.3 is 0 Å². The van der Waals surface area contributed by atoms with E-state index in [-0.39, 0.29) is 5.78 Å². The molecule has 0 N–H and O–H groups in total. The monoisotopic (exact) mass is 296 g/mol. The molecule has 2 unspecified atom stereocenters. The van der Waals surface area contributed by atoms with E-state index in [0.29, 0.717) is 23.5 Å². The molecule has 4 rings (SSSR count). The van der Waals surface area contributed by atoms with Crippen LogP contribution in [0.2, 0.25) is 0 Å². The van der Waals surface area contributed by atoms with Gasteiger partial charge in [-0.2, -0.15) is 0 Å². The molecule has 0 aliphatic carbocycles. The van der Waals surface area contributed by atoms with Crippen molar-refractivity contribution in [2.45, 2.75) is 24.7 Å². The van der Waals surface area contributed by atoms with Crippen LogP contribution in [-0.4, -0.2) is 18.7 Å². The summed E-state index contributed by atoms with van der Waals surface area (Å²) in [5, 5.41) is 0. The number of ether oxygens (including phenoxy) is 3. The molecule has 1 fully saturated rings. The fourth-order valence-corrected chi connectivity index (χ4v) is 3.28. The summed E-state index contributed by atoms with van der Waals surface area (Å²) < 4.78 is 17.2. The summed E-state index contributed by atoms with van der Waals surface area (Å²) in [4.78, 5) is 13.1. The molecule has 0 bridgehead atoms. The number of methoxy groups -OCH3 is 1. The van der Waals surface area contributed by atoms with Crippen LogP contribution in [0, 0.1) is 0 Å². The molecule has 2 aromatic rings. The van der Waals surface area contributed by atoms with Crippen LogP contribution in [-0.2, 0) is 10.3 Å². The van der Waals surface area contributed by atoms with Crippen molar-refractivity contribution in [1.29, 1.82) is 0 Å². The third kappa shape index (κ3) is 1.48. The van der Waals surface area contributed by atoms with Gasteiger partial charge in [0.1, 0.15) is 11.5 Å². The number of benzene rings is 2. The van der Waals surface area contributed by atoms with Crippen molar-refractivity contribution >= 4 is 5.78 Å². The number of ketones is 1. The molecule has 112 valence electrons. The third-order valence-electron chi connectivity index (χ3n) is 4.49. The molecule has 2 atom stereocenters. The van der Waals surface area contributed by atoms with Gasteiger partial charge in [-0.05, 0) is 17.7 Å². The fraction of sp³-hybridized carbons (Fsp3) is 0.278. The minimum atomic E-state index is -1.02. The van der Waals surface area contributed by atoms with Crippen molar-refractivity contribution in [2.24, 2.45) is 0 Å². The van der Waals surface area contributed by atoms with E-state index >= 15 is 0 Å². The predicted molar refractivity (Wildman–Crippen MR) is 80.2 cm³/mol. The predicted octanol–water partition coefficient (Wildman–Crippen LogP) is 3.30. The van der Waals surface area contributed by atoms with Gasteiger partial charge in [-0.3, -0.25) is 4.79 Å². The smallest absolute Gasteiger partial charge is 0.253 e. The first-order chi connectivity index (χ1) is 10.7. The Morgan fingerprint density at radius 2 is 1.91 bits per heavy atom. The Balaban J connectivity index is 1.88. The van der Waals surface area contributed by atoms with Gasteiger partial charge in [-0.15, -0.1) is 0 Å². The van der Waals surface area contributed by atoms with Crippen LogP contribution in [0.25, 0.3) is 0 Å². The van der Waals surface area contributed by atoms with E-state index in [1.54, 1.807) is 25.3 Å². The van der Waals surface area contributed by atoms with Crippen molar-refractivity contribution in [3.63, 3.8) is 0 Å². The number of hydrogen-bond donors (Lipinski definition) is 0. The Hall–Kier alpha value is -2.33. The molecule has 0 amide bonds. The van der Waals surface area contributed by atoms with Gasteiger partial charge in [-0.1, -0.05) is 37.3 Å². The van der Waals surface area contributed by atoms with Gasteiger partial charge in [0, 0.05) is 12.5 Å². The third-order valence-corrected chi connectivity index (χ3v) is 4.49. The molecule has 2 aliphatic rings. The molecule has 1 saturated heterocycles. The number of hydrogen-bond acceptors (Lipinski definition) is 4. The van der Waals surface area contributed by atoms with E-state index in [2.05, 4.69) is 0 Å². The lowest BCUT2D eigenvalue weighted by atomic mass is 9.82. The number of carbonyl (C=O) groups excluding carboxylic acids is 1. The summed E-state index contributed by atoms with van der Waals surface area (Å²) in [6, 6.07) is 14.8. The number of Topliss-reactive ketones (excluding diaryl/α,β-unsaturated/α-hetero) is 1. The second-order valence-corrected chi connectivity index (χ2v) is 5.55. The Bertz CT molecular complexity index is 755. The maximum atomic E-state index is 13.1. The average molecular weight is 296 g/mol. The quantitative estimate of drug-likeness (QED) is 0.815. The first kappa shape index (κ1) is 13.3. The topological polar surface area (TPSA) is 48.1 Å². The largest absolute Gasteiger partial charge is 0.497 e. The summed E-state index contributed by atoms with van der Waals surface area (Å²) in [5.41, 5.74) is 0.347. The Morgan fingerprint density at radius 3 is 2.59 bits per heavy atom. The standard InChI is InChI=1S/C18H16O4/c1-3-17-18(22-17,12-7-5-4-6-8-12)16(19)14-10-9-13(20-2)11-15(14)21-17/h4-11H,3H2,1-2H3. The van der Waals surface area contributed by atoms with Gasteiger partial charge in [0.25, 0.3) is 5.79 Å². The normalized spacial score (nSPS) is 28.4. The second kappa shape index (κ2) is 4.34. The van der Waals surface area contributed by atoms with Crippen LogP contribution in [0.5, 0.6) is 11.5 Å². The molecule has 0 spiro atoms. The van der Waals surface area contributed by atoms with Gasteiger partial charge < -0.3 is 14.2 Å². The molecule has 2 heterocycles. The SMILES string of the molecule is CCC12Oc3cc(OC)ccc3C(=O)C1(c1ccccc1)O2. The van der Waals surface area contributed by atoms with E-state index in [0.717, 1.165) is 5.56 Å². The van der Waals surface area contributed by atoms with E-state index in [9.17, 15) is 4.79 Å². The average Bonchev–Trinajstić information content (AvgIpc) is 3.26.